The minimum Gasteiger partial charge on any atom is -0.352 e. The van der Waals surface area contributed by atoms with Crippen molar-refractivity contribution in [1.29, 1.82) is 0 Å². The van der Waals surface area contributed by atoms with Gasteiger partial charge in [0, 0.05) is 6.04 Å². The molecule has 0 aromatic rings. The van der Waals surface area contributed by atoms with E-state index >= 15 is 0 Å². The molecule has 0 aromatic carbocycles. The van der Waals surface area contributed by atoms with Gasteiger partial charge in [-0.25, -0.2) is 0 Å². The number of hydrogen-bond donors (Lipinski definition) is 1. The van der Waals surface area contributed by atoms with Gasteiger partial charge in [-0.1, -0.05) is 39.3 Å². The smallest absolute Gasteiger partial charge is 0.243 e. The lowest BCUT2D eigenvalue weighted by Crippen LogP contribution is -2.52. The van der Waals surface area contributed by atoms with Crippen LogP contribution in [0.25, 0.3) is 0 Å². The molecular formula is C19H30N2O3. The van der Waals surface area contributed by atoms with E-state index in [-0.39, 0.29) is 41.5 Å². The molecular weight excluding hydrogens is 304 g/mol. The molecule has 3 amide bonds. The molecule has 1 saturated heterocycles. The number of rotatable bonds is 7. The van der Waals surface area contributed by atoms with Crippen LogP contribution in [0.3, 0.4) is 0 Å². The van der Waals surface area contributed by atoms with Gasteiger partial charge in [0.15, 0.2) is 0 Å². The fraction of sp³-hybridized carbons (Fsp3) is 0.737. The number of amides is 3. The summed E-state index contributed by atoms with van der Waals surface area (Å²) in [5.41, 5.74) is 0. The number of nitrogens with one attached hydrogen (secondary N) is 1. The van der Waals surface area contributed by atoms with E-state index in [4.69, 9.17) is 0 Å². The second-order valence-corrected chi connectivity index (χ2v) is 7.55. The van der Waals surface area contributed by atoms with Crippen molar-refractivity contribution in [3.05, 3.63) is 12.2 Å². The van der Waals surface area contributed by atoms with Crippen LogP contribution in [-0.2, 0) is 14.4 Å². The predicted molar refractivity (Wildman–Crippen MR) is 93.0 cm³/mol. The molecule has 0 spiro atoms. The maximum absolute atomic E-state index is 12.8. The summed E-state index contributed by atoms with van der Waals surface area (Å²) in [6.45, 7) is 8.05. The number of allylic oxidation sites excluding steroid dienone is 2. The Hall–Kier alpha value is -1.65. The zero-order valence-electron chi connectivity index (χ0n) is 15.2. The highest BCUT2D eigenvalue weighted by molar-refractivity contribution is 6.08. The molecule has 0 saturated carbocycles. The number of nitrogens with zero attached hydrogens (tertiary/aromatic N) is 1. The summed E-state index contributed by atoms with van der Waals surface area (Å²) in [6.07, 6.45) is 7.52. The first-order valence-corrected chi connectivity index (χ1v) is 9.19. The number of carbonyl (C=O) groups is 3. The lowest BCUT2D eigenvalue weighted by Gasteiger charge is -2.28. The first-order chi connectivity index (χ1) is 11.4. The lowest BCUT2D eigenvalue weighted by molar-refractivity contribution is -0.148. The Morgan fingerprint density at radius 3 is 2.17 bits per heavy atom. The van der Waals surface area contributed by atoms with E-state index < -0.39 is 6.04 Å². The van der Waals surface area contributed by atoms with Crippen molar-refractivity contribution in [3.63, 3.8) is 0 Å². The molecule has 1 aliphatic heterocycles. The van der Waals surface area contributed by atoms with Gasteiger partial charge in [0.05, 0.1) is 11.8 Å². The predicted octanol–water partition coefficient (Wildman–Crippen LogP) is 2.66. The van der Waals surface area contributed by atoms with Crippen LogP contribution in [0, 0.1) is 17.8 Å². The van der Waals surface area contributed by atoms with Crippen LogP contribution in [0.1, 0.15) is 59.8 Å². The number of carbonyl (C=O) groups excluding carboxylic acids is 3. The zero-order chi connectivity index (χ0) is 17.9. The van der Waals surface area contributed by atoms with Crippen LogP contribution in [0.2, 0.25) is 0 Å². The number of imide groups is 1. The molecule has 1 aliphatic carbocycles. The summed E-state index contributed by atoms with van der Waals surface area (Å²) >= 11 is 0. The van der Waals surface area contributed by atoms with Crippen LogP contribution in [0.5, 0.6) is 0 Å². The highest BCUT2D eigenvalue weighted by Crippen LogP contribution is 2.37. The molecule has 2 aliphatic rings. The molecule has 1 N–H and O–H groups in total. The highest BCUT2D eigenvalue weighted by atomic mass is 16.2. The summed E-state index contributed by atoms with van der Waals surface area (Å²) in [7, 11) is 0. The van der Waals surface area contributed by atoms with Gasteiger partial charge in [0.2, 0.25) is 17.7 Å². The summed E-state index contributed by atoms with van der Waals surface area (Å²) in [4.78, 5) is 39.6. The Morgan fingerprint density at radius 1 is 1.17 bits per heavy atom. The summed E-state index contributed by atoms with van der Waals surface area (Å²) in [5.74, 6) is -0.866. The van der Waals surface area contributed by atoms with E-state index in [1.807, 2.05) is 32.9 Å². The van der Waals surface area contributed by atoms with Gasteiger partial charge in [-0.2, -0.15) is 0 Å². The second-order valence-electron chi connectivity index (χ2n) is 7.55. The van der Waals surface area contributed by atoms with Crippen LogP contribution in [-0.4, -0.2) is 34.7 Å². The molecule has 0 bridgehead atoms. The number of hydrogen-bond acceptors (Lipinski definition) is 3. The van der Waals surface area contributed by atoms with Crippen molar-refractivity contribution < 1.29 is 14.4 Å². The molecule has 5 heteroatoms. The van der Waals surface area contributed by atoms with E-state index in [0.29, 0.717) is 19.3 Å². The highest BCUT2D eigenvalue weighted by Gasteiger charge is 2.51. The fourth-order valence-corrected chi connectivity index (χ4v) is 3.75. The van der Waals surface area contributed by atoms with Crippen molar-refractivity contribution in [2.75, 3.05) is 0 Å². The molecule has 4 unspecified atom stereocenters. The van der Waals surface area contributed by atoms with Gasteiger partial charge in [0.1, 0.15) is 6.04 Å². The number of likely N-dealkylation sites (tertiary alicyclic amines) is 1. The maximum Gasteiger partial charge on any atom is 0.243 e. The van der Waals surface area contributed by atoms with Crippen molar-refractivity contribution in [3.8, 4) is 0 Å². The van der Waals surface area contributed by atoms with Gasteiger partial charge in [0.25, 0.3) is 0 Å². The van der Waals surface area contributed by atoms with Crippen molar-refractivity contribution >= 4 is 17.7 Å². The lowest BCUT2D eigenvalue weighted by atomic mass is 9.85. The SMILES string of the molecule is CCCC(C)NC(=O)C(CC(C)C)N1C(=O)C2CC=CCC2C1=O. The van der Waals surface area contributed by atoms with Crippen molar-refractivity contribution in [2.45, 2.75) is 71.9 Å². The Labute approximate surface area is 144 Å². The first-order valence-electron chi connectivity index (χ1n) is 9.19. The molecule has 24 heavy (non-hydrogen) atoms. The van der Waals surface area contributed by atoms with Gasteiger partial charge >= 0.3 is 0 Å². The minimum absolute atomic E-state index is 0.0499. The third-order valence-electron chi connectivity index (χ3n) is 4.96. The molecule has 1 fully saturated rings. The van der Waals surface area contributed by atoms with Gasteiger partial charge in [-0.15, -0.1) is 0 Å². The van der Waals surface area contributed by atoms with E-state index in [2.05, 4.69) is 12.2 Å². The Morgan fingerprint density at radius 2 is 1.71 bits per heavy atom. The molecule has 134 valence electrons. The van der Waals surface area contributed by atoms with E-state index in [1.54, 1.807) is 0 Å². The minimum atomic E-state index is -0.685. The zero-order valence-corrected chi connectivity index (χ0v) is 15.2. The Kier molecular flexibility index (Phi) is 6.19. The van der Waals surface area contributed by atoms with Crippen LogP contribution in [0.4, 0.5) is 0 Å². The fourth-order valence-electron chi connectivity index (χ4n) is 3.75. The average molecular weight is 334 g/mol. The van der Waals surface area contributed by atoms with Gasteiger partial charge in [-0.3, -0.25) is 19.3 Å². The molecule has 0 radical (unpaired) electrons. The Balaban J connectivity index is 2.19. The topological polar surface area (TPSA) is 66.5 Å². The molecule has 1 heterocycles. The van der Waals surface area contributed by atoms with Crippen LogP contribution >= 0.6 is 0 Å². The summed E-state index contributed by atoms with van der Waals surface area (Å²) < 4.78 is 0. The number of fused-ring (bicyclic) bond motifs is 1. The van der Waals surface area contributed by atoms with E-state index in [9.17, 15) is 14.4 Å². The quantitative estimate of drug-likeness (QED) is 0.575. The van der Waals surface area contributed by atoms with E-state index in [0.717, 1.165) is 12.8 Å². The first kappa shape index (κ1) is 18.7. The molecule has 0 aromatic heterocycles. The maximum atomic E-state index is 12.8. The molecule has 4 atom stereocenters. The van der Waals surface area contributed by atoms with E-state index in [1.165, 1.54) is 4.90 Å². The summed E-state index contributed by atoms with van der Waals surface area (Å²) in [5, 5.41) is 2.98. The van der Waals surface area contributed by atoms with Crippen LogP contribution < -0.4 is 5.32 Å². The second kappa shape index (κ2) is 7.95. The molecule has 5 nitrogen and oxygen atoms in total. The van der Waals surface area contributed by atoms with Gasteiger partial charge in [-0.05, 0) is 38.5 Å². The summed E-state index contributed by atoms with van der Waals surface area (Å²) in [6, 6.07) is -0.635. The van der Waals surface area contributed by atoms with Crippen molar-refractivity contribution in [1.82, 2.24) is 10.2 Å². The molecule has 2 rings (SSSR count). The third kappa shape index (κ3) is 3.87. The average Bonchev–Trinajstić information content (AvgIpc) is 2.77. The third-order valence-corrected chi connectivity index (χ3v) is 4.96. The Bertz CT molecular complexity index is 501. The van der Waals surface area contributed by atoms with Crippen molar-refractivity contribution in [2.24, 2.45) is 17.8 Å². The normalized spacial score (nSPS) is 25.8. The largest absolute Gasteiger partial charge is 0.352 e. The van der Waals surface area contributed by atoms with Crippen LogP contribution in [0.15, 0.2) is 12.2 Å². The standard InChI is InChI=1S/C19H30N2O3/c1-5-8-13(4)20-17(22)16(11-12(2)3)21-18(23)14-9-6-7-10-15(14)19(21)24/h6-7,12-16H,5,8-11H2,1-4H3,(H,20,22). The monoisotopic (exact) mass is 334 g/mol. The van der Waals surface area contributed by atoms with Gasteiger partial charge < -0.3 is 5.32 Å².